The van der Waals surface area contributed by atoms with E-state index in [1.54, 1.807) is 0 Å². The summed E-state index contributed by atoms with van der Waals surface area (Å²) in [6.45, 7) is 10.4. The van der Waals surface area contributed by atoms with Crippen LogP contribution in [-0.4, -0.2) is 42.3 Å². The van der Waals surface area contributed by atoms with Crippen LogP contribution in [0, 0.1) is 5.92 Å². The molecule has 3 heteroatoms. The summed E-state index contributed by atoms with van der Waals surface area (Å²) in [7, 11) is 0. The lowest BCUT2D eigenvalue weighted by atomic mass is 9.87. The third-order valence-corrected chi connectivity index (χ3v) is 4.43. The zero-order valence-electron chi connectivity index (χ0n) is 11.0. The Morgan fingerprint density at radius 1 is 1.44 bits per heavy atom. The first-order chi connectivity index (χ1) is 7.50. The van der Waals surface area contributed by atoms with Crippen LogP contribution in [0.1, 0.15) is 40.0 Å². The van der Waals surface area contributed by atoms with Gasteiger partial charge in [-0.3, -0.25) is 4.90 Å². The van der Waals surface area contributed by atoms with Crippen LogP contribution >= 0.6 is 0 Å². The van der Waals surface area contributed by atoms with Gasteiger partial charge in [0.05, 0.1) is 13.2 Å². The third kappa shape index (κ3) is 2.01. The van der Waals surface area contributed by atoms with Crippen molar-refractivity contribution in [3.05, 3.63) is 0 Å². The monoisotopic (exact) mass is 226 g/mol. The zero-order valence-corrected chi connectivity index (χ0v) is 11.0. The van der Waals surface area contributed by atoms with E-state index in [0.717, 1.165) is 32.2 Å². The van der Waals surface area contributed by atoms with Crippen LogP contribution in [0.4, 0.5) is 0 Å². The highest BCUT2D eigenvalue weighted by molar-refractivity contribution is 5.03. The molecule has 0 aromatic carbocycles. The van der Waals surface area contributed by atoms with Gasteiger partial charge in [-0.25, -0.2) is 0 Å². The quantitative estimate of drug-likeness (QED) is 0.777. The number of nitrogens with zero attached hydrogens (tertiary/aromatic N) is 1. The predicted octanol–water partition coefficient (Wildman–Crippen LogP) is 1.61. The Labute approximate surface area is 99.3 Å². The first kappa shape index (κ1) is 12.3. The Hall–Kier alpha value is -0.120. The lowest BCUT2D eigenvalue weighted by Crippen LogP contribution is -2.65. The summed E-state index contributed by atoms with van der Waals surface area (Å²) in [4.78, 5) is 2.63. The van der Waals surface area contributed by atoms with Gasteiger partial charge < -0.3 is 10.5 Å². The molecule has 0 aromatic rings. The molecule has 2 N–H and O–H groups in total. The van der Waals surface area contributed by atoms with Gasteiger partial charge in [-0.05, 0) is 39.0 Å². The maximum Gasteiger partial charge on any atom is 0.0645 e. The number of morpholine rings is 1. The molecule has 1 saturated carbocycles. The molecule has 2 fully saturated rings. The Bertz CT molecular complexity index is 254. The highest BCUT2D eigenvalue weighted by Gasteiger charge is 2.47. The third-order valence-electron chi connectivity index (χ3n) is 4.43. The van der Waals surface area contributed by atoms with Crippen molar-refractivity contribution in [1.82, 2.24) is 4.90 Å². The minimum absolute atomic E-state index is 0.141. The fraction of sp³-hybridized carbons (Fsp3) is 1.00. The molecule has 0 spiro atoms. The van der Waals surface area contributed by atoms with E-state index in [2.05, 4.69) is 25.7 Å². The molecule has 1 aliphatic heterocycles. The van der Waals surface area contributed by atoms with E-state index in [1.165, 1.54) is 19.3 Å². The van der Waals surface area contributed by atoms with Gasteiger partial charge >= 0.3 is 0 Å². The van der Waals surface area contributed by atoms with Crippen molar-refractivity contribution >= 4 is 0 Å². The summed E-state index contributed by atoms with van der Waals surface area (Å²) in [5.41, 5.74) is 6.48. The molecule has 1 saturated heterocycles. The Morgan fingerprint density at radius 2 is 2.19 bits per heavy atom. The molecule has 2 atom stereocenters. The standard InChI is InChI=1S/C13H26N2O/c1-11-4-5-13(8-11,9-14)15-6-7-16-10-12(15,2)3/h11H,4-10,14H2,1-3H3. The highest BCUT2D eigenvalue weighted by atomic mass is 16.5. The van der Waals surface area contributed by atoms with Crippen molar-refractivity contribution in [2.75, 3.05) is 26.3 Å². The maximum atomic E-state index is 6.10. The Balaban J connectivity index is 2.19. The van der Waals surface area contributed by atoms with Crippen molar-refractivity contribution in [1.29, 1.82) is 0 Å². The molecule has 1 aliphatic carbocycles. The lowest BCUT2D eigenvalue weighted by Gasteiger charge is -2.52. The van der Waals surface area contributed by atoms with Crippen LogP contribution in [0.2, 0.25) is 0 Å². The Kier molecular flexibility index (Phi) is 3.30. The van der Waals surface area contributed by atoms with Gasteiger partial charge in [-0.1, -0.05) is 6.92 Å². The zero-order chi connectivity index (χ0) is 11.8. The SMILES string of the molecule is CC1CCC(CN)(N2CCOCC2(C)C)C1. The Morgan fingerprint density at radius 3 is 2.69 bits per heavy atom. The van der Waals surface area contributed by atoms with Crippen LogP contribution in [0.25, 0.3) is 0 Å². The molecule has 2 unspecified atom stereocenters. The van der Waals surface area contributed by atoms with Crippen molar-refractivity contribution in [3.63, 3.8) is 0 Å². The summed E-state index contributed by atoms with van der Waals surface area (Å²) in [6.07, 6.45) is 3.84. The topological polar surface area (TPSA) is 38.5 Å². The summed E-state index contributed by atoms with van der Waals surface area (Å²) in [6, 6.07) is 0. The van der Waals surface area contributed by atoms with E-state index in [-0.39, 0.29) is 11.1 Å². The van der Waals surface area contributed by atoms with E-state index in [0.29, 0.717) is 0 Å². The summed E-state index contributed by atoms with van der Waals surface area (Å²) < 4.78 is 5.61. The molecule has 94 valence electrons. The van der Waals surface area contributed by atoms with Gasteiger partial charge in [0, 0.05) is 24.2 Å². The minimum atomic E-state index is 0.141. The van der Waals surface area contributed by atoms with Crippen molar-refractivity contribution in [3.8, 4) is 0 Å². The second kappa shape index (κ2) is 4.28. The average Bonchev–Trinajstić information content (AvgIpc) is 2.60. The number of rotatable bonds is 2. The van der Waals surface area contributed by atoms with Gasteiger partial charge in [0.25, 0.3) is 0 Å². The molecule has 0 radical (unpaired) electrons. The van der Waals surface area contributed by atoms with Crippen molar-refractivity contribution in [2.24, 2.45) is 11.7 Å². The van der Waals surface area contributed by atoms with E-state index in [4.69, 9.17) is 10.5 Å². The smallest absolute Gasteiger partial charge is 0.0645 e. The van der Waals surface area contributed by atoms with Crippen LogP contribution in [0.15, 0.2) is 0 Å². The molecular weight excluding hydrogens is 200 g/mol. The molecule has 0 amide bonds. The summed E-state index contributed by atoms with van der Waals surface area (Å²) in [5, 5.41) is 0. The van der Waals surface area contributed by atoms with Crippen LogP contribution in [0.5, 0.6) is 0 Å². The van der Waals surface area contributed by atoms with Crippen LogP contribution in [0.3, 0.4) is 0 Å². The number of hydrogen-bond donors (Lipinski definition) is 1. The highest BCUT2D eigenvalue weighted by Crippen LogP contribution is 2.42. The van der Waals surface area contributed by atoms with Gasteiger partial charge in [0.2, 0.25) is 0 Å². The van der Waals surface area contributed by atoms with Gasteiger partial charge in [0.15, 0.2) is 0 Å². The maximum absolute atomic E-state index is 6.10. The van der Waals surface area contributed by atoms with E-state index >= 15 is 0 Å². The van der Waals surface area contributed by atoms with Gasteiger partial charge in [-0.15, -0.1) is 0 Å². The normalized spacial score (nSPS) is 40.1. The second-order valence-electron chi connectivity index (χ2n) is 6.29. The first-order valence-electron chi connectivity index (χ1n) is 6.56. The van der Waals surface area contributed by atoms with E-state index in [1.807, 2.05) is 0 Å². The van der Waals surface area contributed by atoms with Crippen molar-refractivity contribution < 1.29 is 4.74 Å². The van der Waals surface area contributed by atoms with Gasteiger partial charge in [0.1, 0.15) is 0 Å². The lowest BCUT2D eigenvalue weighted by molar-refractivity contribution is -0.103. The molecule has 3 nitrogen and oxygen atoms in total. The molecular formula is C13H26N2O. The molecule has 2 aliphatic rings. The molecule has 16 heavy (non-hydrogen) atoms. The fourth-order valence-corrected chi connectivity index (χ4v) is 3.65. The second-order valence-corrected chi connectivity index (χ2v) is 6.29. The number of ether oxygens (including phenoxy) is 1. The largest absolute Gasteiger partial charge is 0.378 e. The first-order valence-corrected chi connectivity index (χ1v) is 6.56. The predicted molar refractivity (Wildman–Crippen MR) is 66.4 cm³/mol. The molecule has 2 rings (SSSR count). The molecule has 0 bridgehead atoms. The minimum Gasteiger partial charge on any atom is -0.378 e. The van der Waals surface area contributed by atoms with Crippen LogP contribution in [-0.2, 0) is 4.74 Å². The molecule has 1 heterocycles. The fourth-order valence-electron chi connectivity index (χ4n) is 3.65. The number of nitrogens with two attached hydrogens (primary N) is 1. The summed E-state index contributed by atoms with van der Waals surface area (Å²) >= 11 is 0. The molecule has 0 aromatic heterocycles. The van der Waals surface area contributed by atoms with E-state index in [9.17, 15) is 0 Å². The van der Waals surface area contributed by atoms with E-state index < -0.39 is 0 Å². The van der Waals surface area contributed by atoms with Crippen molar-refractivity contribution in [2.45, 2.75) is 51.1 Å². The number of hydrogen-bond acceptors (Lipinski definition) is 3. The van der Waals surface area contributed by atoms with Crippen LogP contribution < -0.4 is 5.73 Å². The van der Waals surface area contributed by atoms with Gasteiger partial charge in [-0.2, -0.15) is 0 Å². The summed E-state index contributed by atoms with van der Waals surface area (Å²) in [5.74, 6) is 0.821. The average molecular weight is 226 g/mol.